The van der Waals surface area contributed by atoms with E-state index in [2.05, 4.69) is 15.4 Å². The molecule has 3 aromatic carbocycles. The molecule has 0 aliphatic rings. The lowest BCUT2D eigenvalue weighted by Gasteiger charge is -2.12. The van der Waals surface area contributed by atoms with Crippen LogP contribution < -0.4 is 15.4 Å². The summed E-state index contributed by atoms with van der Waals surface area (Å²) in [5, 5.41) is 16.2. The molecular weight excluding hydrogens is 472 g/mol. The van der Waals surface area contributed by atoms with Crippen LogP contribution in [0.5, 0.6) is 0 Å². The zero-order valence-corrected chi connectivity index (χ0v) is 19.7. The minimum absolute atomic E-state index is 0.154. The predicted molar refractivity (Wildman–Crippen MR) is 130 cm³/mol. The minimum Gasteiger partial charge on any atom is -0.348 e. The van der Waals surface area contributed by atoms with Gasteiger partial charge in [0, 0.05) is 31.6 Å². The molecule has 0 saturated heterocycles. The van der Waals surface area contributed by atoms with Gasteiger partial charge in [-0.25, -0.2) is 13.1 Å². The number of amides is 2. The van der Waals surface area contributed by atoms with E-state index >= 15 is 0 Å². The number of nitrogens with zero attached hydrogens (tertiary/aromatic N) is 1. The Hall–Kier alpha value is -4.09. The normalized spacial score (nSPS) is 11.0. The highest BCUT2D eigenvalue weighted by Crippen LogP contribution is 2.17. The summed E-state index contributed by atoms with van der Waals surface area (Å²) in [7, 11) is -3.95. The lowest BCUT2D eigenvalue weighted by molar-refractivity contribution is -0.384. The van der Waals surface area contributed by atoms with Crippen LogP contribution in [0.3, 0.4) is 0 Å². The summed E-state index contributed by atoms with van der Waals surface area (Å²) < 4.78 is 27.0. The van der Waals surface area contributed by atoms with Crippen LogP contribution in [0.25, 0.3) is 0 Å². The van der Waals surface area contributed by atoms with E-state index in [-0.39, 0.29) is 35.0 Å². The quantitative estimate of drug-likeness (QED) is 0.290. The molecule has 0 fully saturated rings. The fraction of sp³-hybridized carbons (Fsp3) is 0.167. The van der Waals surface area contributed by atoms with E-state index in [0.717, 1.165) is 35.4 Å². The number of non-ortho nitro benzene ring substituents is 1. The van der Waals surface area contributed by atoms with Crippen molar-refractivity contribution in [1.29, 1.82) is 0 Å². The Kier molecular flexibility index (Phi) is 8.29. The first-order chi connectivity index (χ1) is 16.7. The Morgan fingerprint density at radius 2 is 1.60 bits per heavy atom. The molecular formula is C24H24N4O6S. The average Bonchev–Trinajstić information content (AvgIpc) is 2.83. The summed E-state index contributed by atoms with van der Waals surface area (Å²) >= 11 is 0. The van der Waals surface area contributed by atoms with Gasteiger partial charge in [0.25, 0.3) is 11.6 Å². The molecule has 3 rings (SSSR count). The molecule has 2 amide bonds. The van der Waals surface area contributed by atoms with Crippen LogP contribution in [-0.2, 0) is 21.4 Å². The Balaban J connectivity index is 1.54. The smallest absolute Gasteiger partial charge is 0.269 e. The van der Waals surface area contributed by atoms with Gasteiger partial charge >= 0.3 is 0 Å². The Morgan fingerprint density at radius 3 is 2.26 bits per heavy atom. The standard InChI is InChI=1S/C24H24N4O6S/c1-17-6-8-18(9-7-17)16-25-24(30)21-4-2-3-5-22(21)27-23(29)14-15-26-35(33,34)20-12-10-19(11-13-20)28(31)32/h2-13,26H,14-16H2,1H3,(H,25,30)(H,27,29). The number of carbonyl (C=O) groups excluding carboxylic acids is 2. The summed E-state index contributed by atoms with van der Waals surface area (Å²) in [4.78, 5) is 35.0. The molecule has 182 valence electrons. The number of nitro benzene ring substituents is 1. The molecule has 0 unspecified atom stereocenters. The number of para-hydroxylation sites is 1. The summed E-state index contributed by atoms with van der Waals surface area (Å²) in [5.74, 6) is -0.851. The summed E-state index contributed by atoms with van der Waals surface area (Å²) in [5.41, 5.74) is 2.40. The number of hydrogen-bond donors (Lipinski definition) is 3. The summed E-state index contributed by atoms with van der Waals surface area (Å²) in [6, 6.07) is 18.6. The molecule has 35 heavy (non-hydrogen) atoms. The maximum Gasteiger partial charge on any atom is 0.269 e. The number of carbonyl (C=O) groups is 2. The van der Waals surface area contributed by atoms with Crippen LogP contribution in [0.15, 0.2) is 77.7 Å². The van der Waals surface area contributed by atoms with Crippen molar-refractivity contribution in [1.82, 2.24) is 10.0 Å². The average molecular weight is 497 g/mol. The van der Waals surface area contributed by atoms with Crippen LogP contribution in [0.4, 0.5) is 11.4 Å². The number of rotatable bonds is 10. The molecule has 0 aromatic heterocycles. The molecule has 0 aliphatic heterocycles. The van der Waals surface area contributed by atoms with E-state index in [1.54, 1.807) is 24.3 Å². The number of aryl methyl sites for hydroxylation is 1. The molecule has 11 heteroatoms. The van der Waals surface area contributed by atoms with Crippen LogP contribution >= 0.6 is 0 Å². The topological polar surface area (TPSA) is 148 Å². The Morgan fingerprint density at radius 1 is 0.943 bits per heavy atom. The third-order valence-corrected chi connectivity index (χ3v) is 6.50. The minimum atomic E-state index is -3.95. The molecule has 0 atom stereocenters. The molecule has 3 N–H and O–H groups in total. The van der Waals surface area contributed by atoms with Crippen molar-refractivity contribution in [2.75, 3.05) is 11.9 Å². The van der Waals surface area contributed by atoms with Crippen molar-refractivity contribution in [3.05, 3.63) is 99.6 Å². The fourth-order valence-electron chi connectivity index (χ4n) is 3.12. The SMILES string of the molecule is Cc1ccc(CNC(=O)c2ccccc2NC(=O)CCNS(=O)(=O)c2ccc([N+](=O)[O-])cc2)cc1. The number of anilines is 1. The number of hydrogen-bond acceptors (Lipinski definition) is 6. The van der Waals surface area contributed by atoms with E-state index in [9.17, 15) is 28.1 Å². The molecule has 0 radical (unpaired) electrons. The van der Waals surface area contributed by atoms with Crippen molar-refractivity contribution in [2.24, 2.45) is 0 Å². The van der Waals surface area contributed by atoms with E-state index in [1.807, 2.05) is 31.2 Å². The van der Waals surface area contributed by atoms with E-state index in [1.165, 1.54) is 0 Å². The van der Waals surface area contributed by atoms with E-state index < -0.39 is 20.9 Å². The first-order valence-corrected chi connectivity index (χ1v) is 12.1. The number of sulfonamides is 1. The molecule has 10 nitrogen and oxygen atoms in total. The van der Waals surface area contributed by atoms with Gasteiger partial charge in [-0.1, -0.05) is 42.0 Å². The van der Waals surface area contributed by atoms with Gasteiger partial charge in [-0.2, -0.15) is 0 Å². The zero-order valence-electron chi connectivity index (χ0n) is 18.9. The van der Waals surface area contributed by atoms with Gasteiger partial charge in [-0.05, 0) is 36.8 Å². The lowest BCUT2D eigenvalue weighted by Crippen LogP contribution is -2.28. The van der Waals surface area contributed by atoms with Crippen molar-refractivity contribution in [3.8, 4) is 0 Å². The predicted octanol–water partition coefficient (Wildman–Crippen LogP) is 3.14. The fourth-order valence-corrected chi connectivity index (χ4v) is 4.15. The number of benzene rings is 3. The van der Waals surface area contributed by atoms with Gasteiger partial charge < -0.3 is 10.6 Å². The highest BCUT2D eigenvalue weighted by atomic mass is 32.2. The third kappa shape index (κ3) is 7.19. The number of nitro groups is 1. The Bertz CT molecular complexity index is 1320. The van der Waals surface area contributed by atoms with Gasteiger partial charge in [0.2, 0.25) is 15.9 Å². The number of nitrogens with one attached hydrogen (secondary N) is 3. The van der Waals surface area contributed by atoms with Gasteiger partial charge in [0.15, 0.2) is 0 Å². The zero-order chi connectivity index (χ0) is 25.4. The van der Waals surface area contributed by atoms with Gasteiger partial charge in [0.1, 0.15) is 0 Å². The molecule has 0 aliphatic carbocycles. The first-order valence-electron chi connectivity index (χ1n) is 10.6. The van der Waals surface area contributed by atoms with Gasteiger partial charge in [-0.15, -0.1) is 0 Å². The third-order valence-electron chi connectivity index (χ3n) is 5.02. The second-order valence-electron chi connectivity index (χ2n) is 7.66. The van der Waals surface area contributed by atoms with Crippen LogP contribution in [0.1, 0.15) is 27.9 Å². The highest BCUT2D eigenvalue weighted by molar-refractivity contribution is 7.89. The maximum atomic E-state index is 12.7. The molecule has 3 aromatic rings. The maximum absolute atomic E-state index is 12.7. The van der Waals surface area contributed by atoms with Gasteiger partial charge in [-0.3, -0.25) is 19.7 Å². The van der Waals surface area contributed by atoms with Crippen LogP contribution in [0.2, 0.25) is 0 Å². The second-order valence-corrected chi connectivity index (χ2v) is 9.43. The summed E-state index contributed by atoms with van der Waals surface area (Å²) in [6.45, 7) is 2.10. The largest absolute Gasteiger partial charge is 0.348 e. The van der Waals surface area contributed by atoms with Crippen molar-refractivity contribution >= 4 is 33.2 Å². The summed E-state index contributed by atoms with van der Waals surface area (Å²) in [6.07, 6.45) is -0.189. The van der Waals surface area contributed by atoms with Crippen molar-refractivity contribution in [2.45, 2.75) is 24.8 Å². The van der Waals surface area contributed by atoms with Crippen LogP contribution in [-0.4, -0.2) is 31.7 Å². The van der Waals surface area contributed by atoms with Crippen molar-refractivity contribution in [3.63, 3.8) is 0 Å². The van der Waals surface area contributed by atoms with E-state index in [4.69, 9.17) is 0 Å². The van der Waals surface area contributed by atoms with Crippen LogP contribution in [0, 0.1) is 17.0 Å². The monoisotopic (exact) mass is 496 g/mol. The molecule has 0 bridgehead atoms. The molecule has 0 spiro atoms. The Labute approximate surface area is 202 Å². The molecule has 0 heterocycles. The van der Waals surface area contributed by atoms with E-state index in [0.29, 0.717) is 12.2 Å². The van der Waals surface area contributed by atoms with Crippen molar-refractivity contribution < 1.29 is 22.9 Å². The highest BCUT2D eigenvalue weighted by Gasteiger charge is 2.17. The van der Waals surface area contributed by atoms with Gasteiger partial charge in [0.05, 0.1) is 21.1 Å². The first kappa shape index (κ1) is 25.5. The second kappa shape index (κ2) is 11.4. The molecule has 0 saturated carbocycles. The lowest BCUT2D eigenvalue weighted by atomic mass is 10.1.